The first-order valence-corrected chi connectivity index (χ1v) is 10.5. The van der Waals surface area contributed by atoms with Crippen LogP contribution in [-0.2, 0) is 14.3 Å². The molecule has 8 nitrogen and oxygen atoms in total. The third-order valence-electron chi connectivity index (χ3n) is 4.68. The molecule has 9 heteroatoms. The zero-order chi connectivity index (χ0) is 22.5. The number of carbonyl (C=O) groups excluding carboxylic acids is 1. The molecule has 0 fully saturated rings. The van der Waals surface area contributed by atoms with Gasteiger partial charge in [-0.2, -0.15) is 5.26 Å². The topological polar surface area (TPSA) is 128 Å². The number of allylic oxidation sites excluding steroid dienone is 1. The molecule has 0 aliphatic carbocycles. The zero-order valence-electron chi connectivity index (χ0n) is 16.8. The van der Waals surface area contributed by atoms with Gasteiger partial charge in [-0.15, -0.1) is 11.8 Å². The van der Waals surface area contributed by atoms with Crippen LogP contribution in [0, 0.1) is 21.4 Å². The number of esters is 1. The van der Waals surface area contributed by atoms with Crippen molar-refractivity contribution >= 4 is 29.2 Å². The standard InChI is InChI=1S/C22H19N3O5S/c1-3-29-22(26)19-18(13-7-9-16(31-2)10-8-13)17(12-23)21(24)30-20(19)14-5-4-6-15(11-14)25(27)28/h4-11,18H,3,24H2,1-2H3. The molecule has 1 aliphatic heterocycles. The van der Waals surface area contributed by atoms with E-state index in [1.165, 1.54) is 18.2 Å². The molecule has 31 heavy (non-hydrogen) atoms. The van der Waals surface area contributed by atoms with Gasteiger partial charge in [0.1, 0.15) is 17.4 Å². The highest BCUT2D eigenvalue weighted by molar-refractivity contribution is 7.98. The number of nitro benzene ring substituents is 1. The van der Waals surface area contributed by atoms with Crippen molar-refractivity contribution in [3.05, 3.63) is 86.8 Å². The molecule has 0 saturated carbocycles. The van der Waals surface area contributed by atoms with Crippen molar-refractivity contribution in [1.82, 2.24) is 0 Å². The summed E-state index contributed by atoms with van der Waals surface area (Å²) in [5, 5.41) is 21.0. The van der Waals surface area contributed by atoms with Crippen molar-refractivity contribution in [2.24, 2.45) is 5.73 Å². The largest absolute Gasteiger partial charge is 0.463 e. The third kappa shape index (κ3) is 4.39. The van der Waals surface area contributed by atoms with Gasteiger partial charge in [0.05, 0.1) is 23.0 Å². The molecule has 0 amide bonds. The molecule has 1 aliphatic rings. The Hall–Kier alpha value is -3.77. The van der Waals surface area contributed by atoms with Crippen LogP contribution in [0.15, 0.2) is 70.5 Å². The Morgan fingerprint density at radius 3 is 2.61 bits per heavy atom. The number of benzene rings is 2. The number of nitro groups is 1. The van der Waals surface area contributed by atoms with Gasteiger partial charge in [-0.05, 0) is 30.9 Å². The second kappa shape index (κ2) is 9.36. The molecular formula is C22H19N3O5S. The summed E-state index contributed by atoms with van der Waals surface area (Å²) in [5.41, 5.74) is 6.92. The van der Waals surface area contributed by atoms with Gasteiger partial charge in [0.15, 0.2) is 0 Å². The lowest BCUT2D eigenvalue weighted by molar-refractivity contribution is -0.384. The molecule has 0 aromatic heterocycles. The molecule has 158 valence electrons. The third-order valence-corrected chi connectivity index (χ3v) is 5.43. The molecular weight excluding hydrogens is 418 g/mol. The first-order valence-electron chi connectivity index (χ1n) is 9.28. The SMILES string of the molecule is CCOC(=O)C1=C(c2cccc([N+](=O)[O-])c2)OC(N)=C(C#N)C1c1ccc(SC)cc1. The number of hydrogen-bond donors (Lipinski definition) is 1. The van der Waals surface area contributed by atoms with Crippen molar-refractivity contribution in [3.8, 4) is 6.07 Å². The molecule has 0 radical (unpaired) electrons. The van der Waals surface area contributed by atoms with Gasteiger partial charge in [-0.25, -0.2) is 4.79 Å². The van der Waals surface area contributed by atoms with Crippen molar-refractivity contribution in [3.63, 3.8) is 0 Å². The molecule has 0 spiro atoms. The van der Waals surface area contributed by atoms with E-state index in [2.05, 4.69) is 0 Å². The molecule has 2 N–H and O–H groups in total. The summed E-state index contributed by atoms with van der Waals surface area (Å²) < 4.78 is 10.9. The lowest BCUT2D eigenvalue weighted by atomic mass is 9.82. The number of nitriles is 1. The van der Waals surface area contributed by atoms with E-state index in [1.807, 2.05) is 24.5 Å². The smallest absolute Gasteiger partial charge is 0.338 e. The fourth-order valence-electron chi connectivity index (χ4n) is 3.28. The summed E-state index contributed by atoms with van der Waals surface area (Å²) in [7, 11) is 0. The second-order valence-electron chi connectivity index (χ2n) is 6.47. The Balaban J connectivity index is 2.28. The van der Waals surface area contributed by atoms with Gasteiger partial charge in [0, 0.05) is 22.6 Å². The van der Waals surface area contributed by atoms with Crippen LogP contribution >= 0.6 is 11.8 Å². The fourth-order valence-corrected chi connectivity index (χ4v) is 3.69. The number of nitrogens with two attached hydrogens (primary N) is 1. The van der Waals surface area contributed by atoms with E-state index in [0.717, 1.165) is 4.90 Å². The number of ether oxygens (including phenoxy) is 2. The monoisotopic (exact) mass is 437 g/mol. The minimum Gasteiger partial charge on any atom is -0.463 e. The maximum Gasteiger partial charge on any atom is 0.338 e. The van der Waals surface area contributed by atoms with E-state index in [0.29, 0.717) is 5.56 Å². The van der Waals surface area contributed by atoms with Gasteiger partial charge in [0.2, 0.25) is 5.88 Å². The summed E-state index contributed by atoms with van der Waals surface area (Å²) in [4.78, 5) is 24.7. The number of hydrogen-bond acceptors (Lipinski definition) is 8. The second-order valence-corrected chi connectivity index (χ2v) is 7.35. The van der Waals surface area contributed by atoms with Crippen LogP contribution in [0.4, 0.5) is 5.69 Å². The quantitative estimate of drug-likeness (QED) is 0.309. The Kier molecular flexibility index (Phi) is 6.62. The highest BCUT2D eigenvalue weighted by Gasteiger charge is 2.38. The number of carbonyl (C=O) groups is 1. The molecule has 1 heterocycles. The first-order chi connectivity index (χ1) is 14.9. The fraction of sp³-hybridized carbons (Fsp3) is 0.182. The lowest BCUT2D eigenvalue weighted by Crippen LogP contribution is -2.25. The van der Waals surface area contributed by atoms with Crippen LogP contribution in [0.1, 0.15) is 24.0 Å². The van der Waals surface area contributed by atoms with Crippen LogP contribution in [0.2, 0.25) is 0 Å². The number of thioether (sulfide) groups is 1. The Morgan fingerprint density at radius 2 is 2.03 bits per heavy atom. The van der Waals surface area contributed by atoms with Crippen LogP contribution < -0.4 is 5.73 Å². The van der Waals surface area contributed by atoms with Gasteiger partial charge in [-0.3, -0.25) is 10.1 Å². The molecule has 3 rings (SSSR count). The van der Waals surface area contributed by atoms with Crippen molar-refractivity contribution < 1.29 is 19.2 Å². The zero-order valence-corrected chi connectivity index (χ0v) is 17.6. The lowest BCUT2D eigenvalue weighted by Gasteiger charge is -2.28. The van der Waals surface area contributed by atoms with E-state index in [-0.39, 0.29) is 40.6 Å². The number of rotatable bonds is 6. The average Bonchev–Trinajstić information content (AvgIpc) is 2.78. The summed E-state index contributed by atoms with van der Waals surface area (Å²) >= 11 is 1.55. The normalized spacial score (nSPS) is 15.8. The summed E-state index contributed by atoms with van der Waals surface area (Å²) in [6, 6.07) is 15.0. The van der Waals surface area contributed by atoms with Gasteiger partial charge >= 0.3 is 5.97 Å². The van der Waals surface area contributed by atoms with Crippen molar-refractivity contribution in [1.29, 1.82) is 5.26 Å². The van der Waals surface area contributed by atoms with Crippen molar-refractivity contribution in [2.75, 3.05) is 12.9 Å². The highest BCUT2D eigenvalue weighted by Crippen LogP contribution is 2.43. The van der Waals surface area contributed by atoms with Gasteiger partial charge < -0.3 is 15.2 Å². The molecule has 1 atom stereocenters. The number of non-ortho nitro benzene ring substituents is 1. The predicted octanol–water partition coefficient (Wildman–Crippen LogP) is 4.10. The Morgan fingerprint density at radius 1 is 1.32 bits per heavy atom. The summed E-state index contributed by atoms with van der Waals surface area (Å²) in [6.07, 6.45) is 1.94. The van der Waals surface area contributed by atoms with E-state index in [4.69, 9.17) is 15.2 Å². The molecule has 0 saturated heterocycles. The average molecular weight is 437 g/mol. The minimum atomic E-state index is -0.844. The van der Waals surface area contributed by atoms with Gasteiger partial charge in [0.25, 0.3) is 5.69 Å². The van der Waals surface area contributed by atoms with Gasteiger partial charge in [-0.1, -0.05) is 24.3 Å². The van der Waals surface area contributed by atoms with Crippen LogP contribution in [-0.4, -0.2) is 23.8 Å². The minimum absolute atomic E-state index is 0.0255. The predicted molar refractivity (Wildman–Crippen MR) is 116 cm³/mol. The molecule has 2 aromatic carbocycles. The van der Waals surface area contributed by atoms with E-state index >= 15 is 0 Å². The van der Waals surface area contributed by atoms with Crippen LogP contribution in [0.3, 0.4) is 0 Å². The Bertz CT molecular complexity index is 1130. The van der Waals surface area contributed by atoms with E-state index < -0.39 is 16.8 Å². The molecule has 0 bridgehead atoms. The summed E-state index contributed by atoms with van der Waals surface area (Å²) in [6.45, 7) is 1.76. The molecule has 2 aromatic rings. The maximum absolute atomic E-state index is 13.0. The van der Waals surface area contributed by atoms with Crippen LogP contribution in [0.5, 0.6) is 0 Å². The molecule has 1 unspecified atom stereocenters. The number of nitrogens with zero attached hydrogens (tertiary/aromatic N) is 2. The summed E-state index contributed by atoms with van der Waals surface area (Å²) in [5.74, 6) is -1.68. The highest BCUT2D eigenvalue weighted by atomic mass is 32.2. The van der Waals surface area contributed by atoms with E-state index in [1.54, 1.807) is 36.9 Å². The first kappa shape index (κ1) is 21.9. The van der Waals surface area contributed by atoms with Crippen LogP contribution in [0.25, 0.3) is 5.76 Å². The van der Waals surface area contributed by atoms with Crippen molar-refractivity contribution in [2.45, 2.75) is 17.7 Å². The maximum atomic E-state index is 13.0. The van der Waals surface area contributed by atoms with E-state index in [9.17, 15) is 20.2 Å². The Labute approximate surface area is 183 Å².